The number of hydrogen-bond donors (Lipinski definition) is 1. The van der Waals surface area contributed by atoms with E-state index < -0.39 is 5.82 Å². The first-order valence-electron chi connectivity index (χ1n) is 8.26. The third-order valence-corrected chi connectivity index (χ3v) is 4.58. The van der Waals surface area contributed by atoms with E-state index in [2.05, 4.69) is 15.4 Å². The lowest BCUT2D eigenvalue weighted by Gasteiger charge is -2.16. The van der Waals surface area contributed by atoms with Crippen LogP contribution < -0.4 is 10.1 Å². The van der Waals surface area contributed by atoms with E-state index in [0.717, 1.165) is 43.1 Å². The number of halogens is 1. The zero-order valence-corrected chi connectivity index (χ0v) is 14.6. The Morgan fingerprint density at radius 3 is 2.92 bits per heavy atom. The van der Waals surface area contributed by atoms with E-state index in [9.17, 15) is 9.18 Å². The lowest BCUT2D eigenvalue weighted by Crippen LogP contribution is -2.37. The highest BCUT2D eigenvalue weighted by atomic mass is 19.1. The molecule has 1 atom stereocenters. The van der Waals surface area contributed by atoms with Crippen LogP contribution in [0.1, 0.15) is 33.8 Å². The van der Waals surface area contributed by atoms with Crippen molar-refractivity contribution in [3.8, 4) is 5.75 Å². The lowest BCUT2D eigenvalue weighted by molar-refractivity contribution is 0.0937. The van der Waals surface area contributed by atoms with Gasteiger partial charge in [0.2, 0.25) is 0 Å². The molecular weight excluding hydrogens is 325 g/mol. The van der Waals surface area contributed by atoms with Gasteiger partial charge in [0.15, 0.2) is 11.6 Å². The van der Waals surface area contributed by atoms with E-state index in [1.807, 2.05) is 13.8 Å². The second-order valence-corrected chi connectivity index (χ2v) is 6.35. The van der Waals surface area contributed by atoms with Crippen LogP contribution in [0, 0.1) is 19.7 Å². The normalized spacial score (nSPS) is 17.7. The summed E-state index contributed by atoms with van der Waals surface area (Å²) in [5.41, 5.74) is 2.30. The molecule has 1 amide bonds. The van der Waals surface area contributed by atoms with Crippen molar-refractivity contribution >= 4 is 5.91 Å². The number of likely N-dealkylation sites (tertiary alicyclic amines) is 1. The van der Waals surface area contributed by atoms with Crippen molar-refractivity contribution in [3.63, 3.8) is 0 Å². The molecule has 1 fully saturated rings. The van der Waals surface area contributed by atoms with Gasteiger partial charge in [-0.2, -0.15) is 0 Å². The van der Waals surface area contributed by atoms with Gasteiger partial charge < -0.3 is 14.6 Å². The Morgan fingerprint density at radius 1 is 1.48 bits per heavy atom. The van der Waals surface area contributed by atoms with Crippen molar-refractivity contribution in [1.29, 1.82) is 0 Å². The van der Waals surface area contributed by atoms with Crippen molar-refractivity contribution in [2.45, 2.75) is 32.9 Å². The summed E-state index contributed by atoms with van der Waals surface area (Å²) in [5.74, 6) is 0.147. The minimum Gasteiger partial charge on any atom is -0.494 e. The summed E-state index contributed by atoms with van der Waals surface area (Å²) in [6.45, 7) is 6.22. The Balaban J connectivity index is 1.57. The number of amides is 1. The number of ether oxygens (including phenoxy) is 1. The van der Waals surface area contributed by atoms with Crippen LogP contribution >= 0.6 is 0 Å². The molecule has 1 saturated heterocycles. The summed E-state index contributed by atoms with van der Waals surface area (Å²) < 4.78 is 23.8. The first kappa shape index (κ1) is 17.4. The van der Waals surface area contributed by atoms with Gasteiger partial charge in [0.25, 0.3) is 5.91 Å². The number of benzene rings is 1. The summed E-state index contributed by atoms with van der Waals surface area (Å²) in [6.07, 6.45) is 0.855. The first-order valence-corrected chi connectivity index (χ1v) is 8.26. The molecule has 0 aliphatic carbocycles. The minimum absolute atomic E-state index is 0.0399. The van der Waals surface area contributed by atoms with Gasteiger partial charge >= 0.3 is 0 Å². The van der Waals surface area contributed by atoms with Gasteiger partial charge in [-0.05, 0) is 38.5 Å². The molecule has 6 nitrogen and oxygen atoms in total. The summed E-state index contributed by atoms with van der Waals surface area (Å²) in [5, 5.41) is 6.94. The van der Waals surface area contributed by atoms with E-state index in [4.69, 9.17) is 9.26 Å². The number of aryl methyl sites for hydroxylation is 2. The van der Waals surface area contributed by atoms with Crippen LogP contribution in [0.25, 0.3) is 0 Å². The number of carbonyl (C=O) groups excluding carboxylic acids is 1. The molecule has 0 spiro atoms. The number of rotatable bonds is 5. The van der Waals surface area contributed by atoms with Crippen LogP contribution in [0.5, 0.6) is 5.75 Å². The zero-order valence-electron chi connectivity index (χ0n) is 14.6. The van der Waals surface area contributed by atoms with Crippen LogP contribution in [0.4, 0.5) is 4.39 Å². The van der Waals surface area contributed by atoms with Gasteiger partial charge in [-0.3, -0.25) is 9.69 Å². The van der Waals surface area contributed by atoms with Gasteiger partial charge in [-0.15, -0.1) is 0 Å². The minimum atomic E-state index is -0.540. The van der Waals surface area contributed by atoms with Crippen molar-refractivity contribution in [3.05, 3.63) is 46.6 Å². The largest absolute Gasteiger partial charge is 0.494 e. The maximum Gasteiger partial charge on any atom is 0.251 e. The molecule has 1 aromatic carbocycles. The molecule has 1 aliphatic heterocycles. The van der Waals surface area contributed by atoms with E-state index in [1.165, 1.54) is 19.2 Å². The van der Waals surface area contributed by atoms with Gasteiger partial charge in [0, 0.05) is 36.8 Å². The average molecular weight is 347 g/mol. The molecule has 25 heavy (non-hydrogen) atoms. The number of methoxy groups -OCH3 is 1. The zero-order chi connectivity index (χ0) is 18.0. The van der Waals surface area contributed by atoms with Crippen molar-refractivity contribution < 1.29 is 18.4 Å². The highest BCUT2D eigenvalue weighted by molar-refractivity contribution is 5.94. The maximum atomic E-state index is 13.7. The smallest absolute Gasteiger partial charge is 0.251 e. The second-order valence-electron chi connectivity index (χ2n) is 6.35. The van der Waals surface area contributed by atoms with Crippen LogP contribution in [-0.4, -0.2) is 42.2 Å². The summed E-state index contributed by atoms with van der Waals surface area (Å²) >= 11 is 0. The number of carbonyl (C=O) groups is 1. The quantitative estimate of drug-likeness (QED) is 0.900. The Kier molecular flexibility index (Phi) is 5.03. The van der Waals surface area contributed by atoms with E-state index in [-0.39, 0.29) is 17.7 Å². The summed E-state index contributed by atoms with van der Waals surface area (Å²) in [7, 11) is 1.39. The monoisotopic (exact) mass is 347 g/mol. The van der Waals surface area contributed by atoms with Crippen LogP contribution in [-0.2, 0) is 6.54 Å². The predicted molar refractivity (Wildman–Crippen MR) is 90.1 cm³/mol. The highest BCUT2D eigenvalue weighted by Gasteiger charge is 2.26. The SMILES string of the molecule is COc1ccc(C(=O)N[C@@H]2CCN(Cc3c(C)noc3C)C2)cc1F. The Hall–Kier alpha value is -2.41. The fourth-order valence-electron chi connectivity index (χ4n) is 3.12. The maximum absolute atomic E-state index is 13.7. The van der Waals surface area contributed by atoms with Gasteiger partial charge in [0.1, 0.15) is 5.76 Å². The van der Waals surface area contributed by atoms with E-state index in [1.54, 1.807) is 6.07 Å². The predicted octanol–water partition coefficient (Wildman–Crippen LogP) is 2.44. The molecule has 3 rings (SSSR count). The number of hydrogen-bond acceptors (Lipinski definition) is 5. The number of nitrogens with zero attached hydrogens (tertiary/aromatic N) is 2. The topological polar surface area (TPSA) is 67.6 Å². The highest BCUT2D eigenvalue weighted by Crippen LogP contribution is 2.20. The van der Waals surface area contributed by atoms with Gasteiger partial charge in [-0.1, -0.05) is 5.16 Å². The molecule has 0 unspecified atom stereocenters. The first-order chi connectivity index (χ1) is 12.0. The fraction of sp³-hybridized carbons (Fsp3) is 0.444. The van der Waals surface area contributed by atoms with Gasteiger partial charge in [-0.25, -0.2) is 4.39 Å². The molecule has 7 heteroatoms. The number of nitrogens with one attached hydrogen (secondary N) is 1. The molecule has 1 aliphatic rings. The molecule has 0 radical (unpaired) electrons. The molecule has 2 heterocycles. The van der Waals surface area contributed by atoms with Gasteiger partial charge in [0.05, 0.1) is 12.8 Å². The van der Waals surface area contributed by atoms with Crippen LogP contribution in [0.3, 0.4) is 0 Å². The standard InChI is InChI=1S/C18H22FN3O3/c1-11-15(12(2)25-21-11)10-22-7-6-14(9-22)20-18(23)13-4-5-17(24-3)16(19)8-13/h4-5,8,14H,6-7,9-10H2,1-3H3,(H,20,23)/t14-/m1/s1. The third-order valence-electron chi connectivity index (χ3n) is 4.58. The summed E-state index contributed by atoms with van der Waals surface area (Å²) in [6, 6.07) is 4.26. The molecule has 1 N–H and O–H groups in total. The molecule has 134 valence electrons. The van der Waals surface area contributed by atoms with Crippen molar-refractivity contribution in [1.82, 2.24) is 15.4 Å². The van der Waals surface area contributed by atoms with Crippen molar-refractivity contribution in [2.75, 3.05) is 20.2 Å². The number of aromatic nitrogens is 1. The Morgan fingerprint density at radius 2 is 2.28 bits per heavy atom. The average Bonchev–Trinajstić information content (AvgIpc) is 3.16. The van der Waals surface area contributed by atoms with Crippen molar-refractivity contribution in [2.24, 2.45) is 0 Å². The molecular formula is C18H22FN3O3. The fourth-order valence-corrected chi connectivity index (χ4v) is 3.12. The van der Waals surface area contributed by atoms with E-state index >= 15 is 0 Å². The Labute approximate surface area is 145 Å². The van der Waals surface area contributed by atoms with E-state index in [0.29, 0.717) is 5.56 Å². The lowest BCUT2D eigenvalue weighted by atomic mass is 10.1. The van der Waals surface area contributed by atoms with Crippen LogP contribution in [0.15, 0.2) is 22.7 Å². The van der Waals surface area contributed by atoms with Crippen LogP contribution in [0.2, 0.25) is 0 Å². The Bertz CT molecular complexity index is 755. The molecule has 1 aromatic heterocycles. The second kappa shape index (κ2) is 7.23. The summed E-state index contributed by atoms with van der Waals surface area (Å²) in [4.78, 5) is 14.6. The molecule has 0 saturated carbocycles. The molecule has 0 bridgehead atoms. The third kappa shape index (κ3) is 3.82. The molecule has 2 aromatic rings.